The Morgan fingerprint density at radius 1 is 0.829 bits per heavy atom. The van der Waals surface area contributed by atoms with Crippen LogP contribution >= 0.6 is 0 Å². The second kappa shape index (κ2) is 10.8. The highest BCUT2D eigenvalue weighted by Gasteiger charge is 2.39. The molecule has 0 fully saturated rings. The molecule has 0 spiro atoms. The summed E-state index contributed by atoms with van der Waals surface area (Å²) in [7, 11) is -4.04. The van der Waals surface area contributed by atoms with Gasteiger partial charge in [0.15, 0.2) is 0 Å². The number of benzene rings is 2. The van der Waals surface area contributed by atoms with Crippen LogP contribution in [0.3, 0.4) is 0 Å². The minimum absolute atomic E-state index is 0.0203. The molecule has 2 rings (SSSR count). The summed E-state index contributed by atoms with van der Waals surface area (Å²) in [4.78, 5) is 26.1. The summed E-state index contributed by atoms with van der Waals surface area (Å²) in [5.41, 5.74) is 5.67. The van der Waals surface area contributed by atoms with Crippen molar-refractivity contribution >= 4 is 22.1 Å². The van der Waals surface area contributed by atoms with Gasteiger partial charge in [-0.05, 0) is 78.3 Å². The number of ether oxygens (including phenoxy) is 2. The smallest absolute Gasteiger partial charge is 0.339 e. The average molecular weight is 506 g/mol. The fourth-order valence-corrected chi connectivity index (χ4v) is 4.18. The number of carbonyl (C=O) groups is 2. The summed E-state index contributed by atoms with van der Waals surface area (Å²) >= 11 is 0. The van der Waals surface area contributed by atoms with Gasteiger partial charge in [0.25, 0.3) is 0 Å². The highest BCUT2D eigenvalue weighted by atomic mass is 32.2. The molecule has 9 heteroatoms. The molecule has 2 atom stereocenters. The maximum absolute atomic E-state index is 13.1. The molecule has 2 aromatic carbocycles. The van der Waals surface area contributed by atoms with Gasteiger partial charge in [-0.3, -0.25) is 9.59 Å². The zero-order chi connectivity index (χ0) is 26.6. The Balaban J connectivity index is 2.38. The van der Waals surface area contributed by atoms with Gasteiger partial charge in [-0.1, -0.05) is 29.8 Å². The van der Waals surface area contributed by atoms with Crippen LogP contribution in [0.2, 0.25) is 0 Å². The Kier molecular flexibility index (Phi) is 8.73. The lowest BCUT2D eigenvalue weighted by atomic mass is 9.85. The van der Waals surface area contributed by atoms with Crippen molar-refractivity contribution in [3.8, 4) is 5.75 Å². The molecular weight excluding hydrogens is 470 g/mol. The van der Waals surface area contributed by atoms with Gasteiger partial charge in [0.2, 0.25) is 0 Å². The summed E-state index contributed by atoms with van der Waals surface area (Å²) < 4.78 is 41.5. The largest absolute Gasteiger partial charge is 0.460 e. The summed E-state index contributed by atoms with van der Waals surface area (Å²) in [6.07, 6.45) is 0. The van der Waals surface area contributed by atoms with E-state index in [9.17, 15) is 18.0 Å². The maximum Gasteiger partial charge on any atom is 0.339 e. The van der Waals surface area contributed by atoms with Crippen molar-refractivity contribution in [2.75, 3.05) is 6.54 Å². The molecule has 0 aliphatic heterocycles. The Morgan fingerprint density at radius 2 is 1.31 bits per heavy atom. The molecule has 35 heavy (non-hydrogen) atoms. The SMILES string of the molecule is Cc1ccc(S(=O)(=O)Oc2ccc(C(C(=O)OC(C)(C)C)C(CN)C(=O)OC(C)(C)C)cc2)cc1. The number of hydrogen-bond donors (Lipinski definition) is 1. The lowest BCUT2D eigenvalue weighted by molar-refractivity contribution is -0.169. The van der Waals surface area contributed by atoms with Gasteiger partial charge in [0.05, 0.1) is 11.8 Å². The van der Waals surface area contributed by atoms with Crippen LogP contribution in [0, 0.1) is 12.8 Å². The lowest BCUT2D eigenvalue weighted by Gasteiger charge is -2.30. The standard InChI is InChI=1S/C26H35NO7S/c1-17-8-14-20(15-9-17)35(30,31)34-19-12-10-18(11-13-19)22(24(29)33-26(5,6)7)21(16-27)23(28)32-25(2,3)4/h8-15,21-22H,16,27H2,1-7H3. The number of hydrogen-bond acceptors (Lipinski definition) is 8. The zero-order valence-electron chi connectivity index (χ0n) is 21.3. The Labute approximate surface area is 207 Å². The van der Waals surface area contributed by atoms with E-state index in [-0.39, 0.29) is 17.2 Å². The number of carbonyl (C=O) groups excluding carboxylic acids is 2. The van der Waals surface area contributed by atoms with Gasteiger partial charge in [-0.25, -0.2) is 0 Å². The molecule has 0 aliphatic carbocycles. The van der Waals surface area contributed by atoms with E-state index in [1.807, 2.05) is 6.92 Å². The van der Waals surface area contributed by atoms with Crippen molar-refractivity contribution < 1.29 is 31.7 Å². The first kappa shape index (κ1) is 28.3. The van der Waals surface area contributed by atoms with Crippen LogP contribution in [0.4, 0.5) is 0 Å². The van der Waals surface area contributed by atoms with Crippen molar-refractivity contribution in [1.82, 2.24) is 0 Å². The van der Waals surface area contributed by atoms with Crippen molar-refractivity contribution in [2.45, 2.75) is 70.5 Å². The van der Waals surface area contributed by atoms with Crippen LogP contribution in [-0.2, 0) is 29.2 Å². The van der Waals surface area contributed by atoms with Crippen LogP contribution in [0.15, 0.2) is 53.4 Å². The van der Waals surface area contributed by atoms with E-state index in [0.717, 1.165) is 5.56 Å². The Hall–Kier alpha value is -2.91. The minimum atomic E-state index is -4.04. The molecule has 8 nitrogen and oxygen atoms in total. The average Bonchev–Trinajstić information content (AvgIpc) is 2.70. The van der Waals surface area contributed by atoms with E-state index in [1.54, 1.807) is 53.7 Å². The van der Waals surface area contributed by atoms with Crippen molar-refractivity contribution in [1.29, 1.82) is 0 Å². The molecule has 0 bridgehead atoms. The van der Waals surface area contributed by atoms with E-state index < -0.39 is 45.1 Å². The molecule has 0 heterocycles. The first-order chi connectivity index (χ1) is 16.0. The van der Waals surface area contributed by atoms with Gasteiger partial charge < -0.3 is 19.4 Å². The first-order valence-electron chi connectivity index (χ1n) is 11.3. The van der Waals surface area contributed by atoms with Gasteiger partial charge in [0.1, 0.15) is 21.8 Å². The molecule has 0 saturated carbocycles. The Morgan fingerprint density at radius 3 is 1.77 bits per heavy atom. The first-order valence-corrected chi connectivity index (χ1v) is 12.7. The normalized spacial score (nSPS) is 14.1. The maximum atomic E-state index is 13.1. The van der Waals surface area contributed by atoms with Gasteiger partial charge in [-0.15, -0.1) is 0 Å². The van der Waals surface area contributed by atoms with Gasteiger partial charge in [0, 0.05) is 6.54 Å². The van der Waals surface area contributed by atoms with Crippen molar-refractivity contribution in [3.63, 3.8) is 0 Å². The van der Waals surface area contributed by atoms with E-state index in [0.29, 0.717) is 5.56 Å². The lowest BCUT2D eigenvalue weighted by Crippen LogP contribution is -2.40. The molecule has 2 unspecified atom stereocenters. The predicted molar refractivity (Wildman–Crippen MR) is 132 cm³/mol. The number of nitrogens with two attached hydrogens (primary N) is 1. The molecule has 0 aliphatic rings. The molecular formula is C26H35NO7S. The summed E-state index contributed by atoms with van der Waals surface area (Å²) in [6.45, 7) is 12.0. The second-order valence-electron chi connectivity index (χ2n) is 10.3. The minimum Gasteiger partial charge on any atom is -0.460 e. The Bertz CT molecular complexity index is 1130. The van der Waals surface area contributed by atoms with E-state index in [2.05, 4.69) is 0 Å². The molecule has 0 radical (unpaired) electrons. The number of aryl methyl sites for hydroxylation is 1. The molecule has 0 amide bonds. The predicted octanol–water partition coefficient (Wildman–Crippen LogP) is 4.10. The fourth-order valence-electron chi connectivity index (χ4n) is 3.25. The monoisotopic (exact) mass is 505 g/mol. The van der Waals surface area contributed by atoms with Crippen molar-refractivity contribution in [2.24, 2.45) is 11.7 Å². The van der Waals surface area contributed by atoms with E-state index >= 15 is 0 Å². The molecule has 0 aromatic heterocycles. The fraction of sp³-hybridized carbons (Fsp3) is 0.462. The summed E-state index contributed by atoms with van der Waals surface area (Å²) in [5.74, 6) is -3.28. The summed E-state index contributed by atoms with van der Waals surface area (Å²) in [5, 5.41) is 0. The molecule has 2 N–H and O–H groups in total. The highest BCUT2D eigenvalue weighted by molar-refractivity contribution is 7.87. The van der Waals surface area contributed by atoms with Crippen molar-refractivity contribution in [3.05, 3.63) is 59.7 Å². The molecule has 192 valence electrons. The van der Waals surface area contributed by atoms with Crippen LogP contribution < -0.4 is 9.92 Å². The van der Waals surface area contributed by atoms with Crippen LogP contribution in [0.5, 0.6) is 5.75 Å². The van der Waals surface area contributed by atoms with Gasteiger partial charge >= 0.3 is 22.1 Å². The molecule has 2 aromatic rings. The van der Waals surface area contributed by atoms with Crippen LogP contribution in [-0.4, -0.2) is 38.1 Å². The van der Waals surface area contributed by atoms with Crippen LogP contribution in [0.25, 0.3) is 0 Å². The van der Waals surface area contributed by atoms with Crippen LogP contribution in [0.1, 0.15) is 58.6 Å². The third kappa shape index (κ3) is 8.36. The summed E-state index contributed by atoms with van der Waals surface area (Å²) in [6, 6.07) is 12.1. The zero-order valence-corrected chi connectivity index (χ0v) is 22.1. The number of rotatable bonds is 8. The second-order valence-corrected chi connectivity index (χ2v) is 11.9. The number of esters is 2. The molecule has 0 saturated heterocycles. The van der Waals surface area contributed by atoms with Gasteiger partial charge in [-0.2, -0.15) is 8.42 Å². The third-order valence-corrected chi connectivity index (χ3v) is 6.04. The van der Waals surface area contributed by atoms with E-state index in [4.69, 9.17) is 19.4 Å². The van der Waals surface area contributed by atoms with E-state index in [1.165, 1.54) is 36.4 Å². The quantitative estimate of drug-likeness (QED) is 0.420. The topological polar surface area (TPSA) is 122 Å². The third-order valence-electron chi connectivity index (χ3n) is 4.78. The highest BCUT2D eigenvalue weighted by Crippen LogP contribution is 2.32.